The van der Waals surface area contributed by atoms with E-state index in [0.717, 1.165) is 5.56 Å². The fraction of sp³-hybridized carbons (Fsp3) is 0.143. The normalized spacial score (nSPS) is 19.5. The molecular weight excluding hydrogens is 511 g/mol. The number of hydrogen-bond donors (Lipinski definition) is 1. The highest BCUT2D eigenvalue weighted by molar-refractivity contribution is 6.32. The third-order valence-electron chi connectivity index (χ3n) is 6.84. The molecule has 0 saturated carbocycles. The van der Waals surface area contributed by atoms with E-state index in [0.29, 0.717) is 34.0 Å². The van der Waals surface area contributed by atoms with Crippen LogP contribution in [0, 0.1) is 21.4 Å². The molecule has 0 radical (unpaired) electrons. The van der Waals surface area contributed by atoms with Crippen molar-refractivity contribution in [1.82, 2.24) is 0 Å². The summed E-state index contributed by atoms with van der Waals surface area (Å²) < 4.78 is 0. The zero-order valence-electron chi connectivity index (χ0n) is 19.4. The van der Waals surface area contributed by atoms with Gasteiger partial charge in [0.25, 0.3) is 5.69 Å². The second-order valence-corrected chi connectivity index (χ2v) is 9.71. The van der Waals surface area contributed by atoms with Crippen LogP contribution in [0.4, 0.5) is 11.4 Å². The van der Waals surface area contributed by atoms with E-state index in [2.05, 4.69) is 6.07 Å². The minimum atomic E-state index is -0.753. The Bertz CT molecular complexity index is 1540. The number of nitriles is 1. The smallest absolute Gasteiger partial charge is 0.289 e. The van der Waals surface area contributed by atoms with Crippen LogP contribution in [-0.2, 0) is 4.79 Å². The number of allylic oxidation sites excluding steroid dienone is 3. The summed E-state index contributed by atoms with van der Waals surface area (Å²) in [6.45, 7) is 0. The van der Waals surface area contributed by atoms with Gasteiger partial charge in [-0.3, -0.25) is 19.8 Å². The summed E-state index contributed by atoms with van der Waals surface area (Å²) in [5.74, 6) is -0.935. The van der Waals surface area contributed by atoms with Crippen LogP contribution in [0.1, 0.15) is 35.8 Å². The van der Waals surface area contributed by atoms with Crippen LogP contribution >= 0.6 is 23.2 Å². The first kappa shape index (κ1) is 24.6. The molecule has 2 N–H and O–H groups in total. The maximum absolute atomic E-state index is 13.9. The molecule has 7 nitrogen and oxygen atoms in total. The SMILES string of the molecule is N#CC1=C(N)N(c2ccc(Cl)c([N+](=O)[O-])c2)C2=C(C(=O)CC(c3ccccc3)C2)C1c1ccccc1Cl. The van der Waals surface area contributed by atoms with E-state index < -0.39 is 10.8 Å². The molecule has 2 atom stereocenters. The summed E-state index contributed by atoms with van der Waals surface area (Å²) in [5, 5.41) is 22.2. The minimum absolute atomic E-state index is 0.0288. The van der Waals surface area contributed by atoms with Gasteiger partial charge in [0.15, 0.2) is 5.78 Å². The number of benzene rings is 3. The number of halogens is 2. The van der Waals surface area contributed by atoms with Gasteiger partial charge in [0, 0.05) is 28.8 Å². The first-order valence-electron chi connectivity index (χ1n) is 11.5. The van der Waals surface area contributed by atoms with Gasteiger partial charge < -0.3 is 5.73 Å². The highest BCUT2D eigenvalue weighted by Gasteiger charge is 2.43. The van der Waals surface area contributed by atoms with Crippen LogP contribution < -0.4 is 10.6 Å². The van der Waals surface area contributed by atoms with E-state index in [4.69, 9.17) is 28.9 Å². The van der Waals surface area contributed by atoms with Gasteiger partial charge in [-0.2, -0.15) is 5.26 Å². The first-order chi connectivity index (χ1) is 17.8. The zero-order chi connectivity index (χ0) is 26.3. The van der Waals surface area contributed by atoms with Crippen LogP contribution in [-0.4, -0.2) is 10.7 Å². The summed E-state index contributed by atoms with van der Waals surface area (Å²) >= 11 is 12.6. The van der Waals surface area contributed by atoms with Gasteiger partial charge in [0.2, 0.25) is 0 Å². The number of carbonyl (C=O) groups is 1. The number of Topliss-reactive ketones (excluding diaryl/α,β-unsaturated/α-hetero) is 1. The van der Waals surface area contributed by atoms with Crippen molar-refractivity contribution in [3.8, 4) is 6.07 Å². The monoisotopic (exact) mass is 530 g/mol. The van der Waals surface area contributed by atoms with Crippen molar-refractivity contribution in [3.63, 3.8) is 0 Å². The quantitative estimate of drug-likeness (QED) is 0.300. The van der Waals surface area contributed by atoms with Gasteiger partial charge in [-0.25, -0.2) is 0 Å². The topological polar surface area (TPSA) is 113 Å². The lowest BCUT2D eigenvalue weighted by Gasteiger charge is -2.41. The molecule has 0 bridgehead atoms. The average molecular weight is 531 g/mol. The lowest BCUT2D eigenvalue weighted by Crippen LogP contribution is -2.40. The van der Waals surface area contributed by atoms with Gasteiger partial charge in [-0.1, -0.05) is 71.7 Å². The van der Waals surface area contributed by atoms with Crippen molar-refractivity contribution in [3.05, 3.63) is 127 Å². The molecule has 3 aromatic rings. The molecule has 0 fully saturated rings. The van der Waals surface area contributed by atoms with Gasteiger partial charge in [-0.05, 0) is 41.7 Å². The third-order valence-corrected chi connectivity index (χ3v) is 7.50. The summed E-state index contributed by atoms with van der Waals surface area (Å²) in [4.78, 5) is 26.5. The molecule has 0 aromatic heterocycles. The molecule has 0 saturated heterocycles. The van der Waals surface area contributed by atoms with Crippen molar-refractivity contribution in [2.24, 2.45) is 5.73 Å². The third kappa shape index (κ3) is 4.25. The highest BCUT2D eigenvalue weighted by atomic mass is 35.5. The Kier molecular flexibility index (Phi) is 6.46. The Morgan fingerprint density at radius 1 is 1.00 bits per heavy atom. The lowest BCUT2D eigenvalue weighted by molar-refractivity contribution is -0.384. The van der Waals surface area contributed by atoms with Crippen LogP contribution in [0.25, 0.3) is 0 Å². The Morgan fingerprint density at radius 2 is 1.70 bits per heavy atom. The molecule has 5 rings (SSSR count). The molecule has 37 heavy (non-hydrogen) atoms. The molecule has 2 unspecified atom stereocenters. The number of nitrogens with two attached hydrogens (primary N) is 1. The Balaban J connectivity index is 1.77. The van der Waals surface area contributed by atoms with E-state index in [9.17, 15) is 20.2 Å². The van der Waals surface area contributed by atoms with Crippen LogP contribution in [0.5, 0.6) is 0 Å². The number of carbonyl (C=O) groups excluding carboxylic acids is 1. The average Bonchev–Trinajstić information content (AvgIpc) is 2.89. The molecule has 2 aliphatic rings. The molecule has 1 aliphatic heterocycles. The molecule has 3 aromatic carbocycles. The minimum Gasteiger partial charge on any atom is -0.384 e. The Labute approximate surface area is 223 Å². The van der Waals surface area contributed by atoms with Crippen molar-refractivity contribution in [1.29, 1.82) is 5.26 Å². The number of rotatable bonds is 4. The van der Waals surface area contributed by atoms with E-state index in [1.54, 1.807) is 35.2 Å². The molecule has 0 amide bonds. The van der Waals surface area contributed by atoms with Crippen molar-refractivity contribution in [2.75, 3.05) is 4.90 Å². The predicted octanol–water partition coefficient (Wildman–Crippen LogP) is 6.60. The number of nitro groups is 1. The number of anilines is 1. The van der Waals surface area contributed by atoms with Crippen LogP contribution in [0.3, 0.4) is 0 Å². The van der Waals surface area contributed by atoms with E-state index in [1.165, 1.54) is 12.1 Å². The molecule has 9 heteroatoms. The summed E-state index contributed by atoms with van der Waals surface area (Å²) in [6.07, 6.45) is 0.679. The molecule has 1 heterocycles. The largest absolute Gasteiger partial charge is 0.384 e. The van der Waals surface area contributed by atoms with Crippen molar-refractivity contribution in [2.45, 2.75) is 24.7 Å². The highest BCUT2D eigenvalue weighted by Crippen LogP contribution is 2.50. The zero-order valence-corrected chi connectivity index (χ0v) is 20.9. The fourth-order valence-corrected chi connectivity index (χ4v) is 5.62. The lowest BCUT2D eigenvalue weighted by atomic mass is 9.72. The number of nitro benzene ring substituents is 1. The fourth-order valence-electron chi connectivity index (χ4n) is 5.19. The van der Waals surface area contributed by atoms with E-state index in [1.807, 2.05) is 30.3 Å². The van der Waals surface area contributed by atoms with E-state index >= 15 is 0 Å². The summed E-state index contributed by atoms with van der Waals surface area (Å²) in [5.41, 5.74) is 9.42. The van der Waals surface area contributed by atoms with Crippen molar-refractivity contribution >= 4 is 40.4 Å². The van der Waals surface area contributed by atoms with Gasteiger partial charge in [0.1, 0.15) is 10.8 Å². The van der Waals surface area contributed by atoms with Gasteiger partial charge >= 0.3 is 0 Å². The predicted molar refractivity (Wildman–Crippen MR) is 142 cm³/mol. The maximum Gasteiger partial charge on any atom is 0.289 e. The summed E-state index contributed by atoms with van der Waals surface area (Å²) in [7, 11) is 0. The Hall–Kier alpha value is -4.12. The second kappa shape index (κ2) is 9.74. The number of ketones is 1. The standard InChI is InChI=1S/C28H20Cl2N4O3/c29-21-9-5-4-8-19(21)26-20(15-31)28(32)33(18-10-11-22(30)23(14-18)34(36)37)24-12-17(13-25(35)27(24)26)16-6-2-1-3-7-16/h1-11,14,17,26H,12-13,32H2. The van der Waals surface area contributed by atoms with E-state index in [-0.39, 0.29) is 40.2 Å². The Morgan fingerprint density at radius 3 is 2.38 bits per heavy atom. The van der Waals surface area contributed by atoms with Crippen molar-refractivity contribution < 1.29 is 9.72 Å². The summed E-state index contributed by atoms with van der Waals surface area (Å²) in [6, 6.07) is 23.2. The number of nitrogens with zero attached hydrogens (tertiary/aromatic N) is 3. The second-order valence-electron chi connectivity index (χ2n) is 8.89. The molecule has 184 valence electrons. The first-order valence-corrected chi connectivity index (χ1v) is 12.3. The molecule has 1 aliphatic carbocycles. The maximum atomic E-state index is 13.9. The van der Waals surface area contributed by atoms with Gasteiger partial charge in [-0.15, -0.1) is 0 Å². The number of hydrogen-bond acceptors (Lipinski definition) is 6. The van der Waals surface area contributed by atoms with Gasteiger partial charge in [0.05, 0.1) is 28.2 Å². The molecular formula is C28H20Cl2N4O3. The molecule has 0 spiro atoms. The van der Waals surface area contributed by atoms with Crippen LogP contribution in [0.2, 0.25) is 10.0 Å². The van der Waals surface area contributed by atoms with Crippen LogP contribution in [0.15, 0.2) is 95.5 Å².